The van der Waals surface area contributed by atoms with Gasteiger partial charge in [0.25, 0.3) is 5.91 Å². The topological polar surface area (TPSA) is 83.2 Å². The number of halogens is 1. The number of carbonyl (C=O) groups is 1. The lowest BCUT2D eigenvalue weighted by atomic mass is 10.2. The van der Waals surface area contributed by atoms with Gasteiger partial charge in [-0.3, -0.25) is 9.48 Å². The Bertz CT molecular complexity index is 1170. The summed E-state index contributed by atoms with van der Waals surface area (Å²) in [5.74, 6) is 1.12. The number of hydrogen-bond donors (Lipinski definition) is 1. The van der Waals surface area contributed by atoms with Crippen LogP contribution in [0.1, 0.15) is 16.1 Å². The molecule has 0 radical (unpaired) electrons. The highest BCUT2D eigenvalue weighted by molar-refractivity contribution is 6.30. The van der Waals surface area contributed by atoms with E-state index in [9.17, 15) is 4.79 Å². The summed E-state index contributed by atoms with van der Waals surface area (Å²) in [6.07, 6.45) is 5.04. The average Bonchev–Trinajstić information content (AvgIpc) is 3.43. The van der Waals surface area contributed by atoms with Crippen LogP contribution in [-0.2, 0) is 13.3 Å². The molecular formula is C22H20ClN5O3. The molecule has 4 aromatic rings. The van der Waals surface area contributed by atoms with E-state index in [4.69, 9.17) is 21.1 Å². The van der Waals surface area contributed by atoms with Crippen molar-refractivity contribution in [3.8, 4) is 11.5 Å². The van der Waals surface area contributed by atoms with E-state index in [1.807, 2.05) is 24.3 Å². The molecule has 8 nitrogen and oxygen atoms in total. The number of methoxy groups -OCH3 is 1. The van der Waals surface area contributed by atoms with Gasteiger partial charge < -0.3 is 14.8 Å². The van der Waals surface area contributed by atoms with Crippen molar-refractivity contribution in [1.82, 2.24) is 19.6 Å². The number of ether oxygens (including phenoxy) is 2. The third-order valence-electron chi connectivity index (χ3n) is 4.42. The lowest BCUT2D eigenvalue weighted by Crippen LogP contribution is -2.14. The van der Waals surface area contributed by atoms with Crippen molar-refractivity contribution in [3.05, 3.63) is 89.5 Å². The van der Waals surface area contributed by atoms with Crippen LogP contribution in [0.4, 0.5) is 5.69 Å². The summed E-state index contributed by atoms with van der Waals surface area (Å²) in [5, 5.41) is 12.0. The molecule has 0 aliphatic carbocycles. The van der Waals surface area contributed by atoms with E-state index in [0.29, 0.717) is 23.0 Å². The molecule has 0 atom stereocenters. The van der Waals surface area contributed by atoms with Crippen LogP contribution in [0, 0.1) is 0 Å². The molecule has 4 rings (SSSR count). The number of benzene rings is 2. The quantitative estimate of drug-likeness (QED) is 0.449. The summed E-state index contributed by atoms with van der Waals surface area (Å²) in [5.41, 5.74) is 1.90. The van der Waals surface area contributed by atoms with Crippen LogP contribution in [-0.4, -0.2) is 32.6 Å². The summed E-state index contributed by atoms with van der Waals surface area (Å²) in [6, 6.07) is 16.4. The van der Waals surface area contributed by atoms with Gasteiger partial charge in [0.15, 0.2) is 12.4 Å². The van der Waals surface area contributed by atoms with Crippen LogP contribution in [0.2, 0.25) is 5.02 Å². The molecule has 0 bridgehead atoms. The number of amides is 1. The second-order valence-corrected chi connectivity index (χ2v) is 7.14. The van der Waals surface area contributed by atoms with Crippen LogP contribution < -0.4 is 14.8 Å². The van der Waals surface area contributed by atoms with Crippen molar-refractivity contribution < 1.29 is 14.3 Å². The monoisotopic (exact) mass is 437 g/mol. The molecule has 0 spiro atoms. The molecular weight excluding hydrogens is 418 g/mol. The van der Waals surface area contributed by atoms with Gasteiger partial charge in [0.2, 0.25) is 0 Å². The van der Waals surface area contributed by atoms with Crippen LogP contribution in [0.25, 0.3) is 0 Å². The normalized spacial score (nSPS) is 10.6. The Morgan fingerprint density at radius 3 is 2.74 bits per heavy atom. The highest BCUT2D eigenvalue weighted by Crippen LogP contribution is 2.16. The van der Waals surface area contributed by atoms with E-state index in [1.54, 1.807) is 60.7 Å². The third-order valence-corrected chi connectivity index (χ3v) is 4.67. The zero-order chi connectivity index (χ0) is 21.6. The van der Waals surface area contributed by atoms with Gasteiger partial charge in [0.05, 0.1) is 25.5 Å². The second kappa shape index (κ2) is 9.36. The summed E-state index contributed by atoms with van der Waals surface area (Å²) in [7, 11) is 1.63. The van der Waals surface area contributed by atoms with Crippen molar-refractivity contribution >= 4 is 23.2 Å². The number of hydrogen-bond acceptors (Lipinski definition) is 5. The number of nitrogens with one attached hydrogen (secondary N) is 1. The van der Waals surface area contributed by atoms with Crippen molar-refractivity contribution in [3.63, 3.8) is 0 Å². The van der Waals surface area contributed by atoms with E-state index >= 15 is 0 Å². The average molecular weight is 438 g/mol. The number of nitrogens with zero attached hydrogens (tertiary/aromatic N) is 4. The molecule has 0 aliphatic heterocycles. The maximum atomic E-state index is 12.5. The highest BCUT2D eigenvalue weighted by Gasteiger charge is 2.11. The number of rotatable bonds is 8. The molecule has 158 valence electrons. The predicted octanol–water partition coefficient (Wildman–Crippen LogP) is 4.08. The highest BCUT2D eigenvalue weighted by atomic mass is 35.5. The molecule has 31 heavy (non-hydrogen) atoms. The Kier molecular flexibility index (Phi) is 6.18. The van der Waals surface area contributed by atoms with Gasteiger partial charge in [-0.05, 0) is 48.0 Å². The summed E-state index contributed by atoms with van der Waals surface area (Å²) < 4.78 is 14.1. The maximum absolute atomic E-state index is 12.5. The molecule has 2 heterocycles. The number of carbonyl (C=O) groups excluding carboxylic acids is 1. The lowest BCUT2D eigenvalue weighted by Gasteiger charge is -2.06. The Labute approximate surface area is 184 Å². The van der Waals surface area contributed by atoms with Crippen molar-refractivity contribution in [2.45, 2.75) is 13.3 Å². The SMILES string of the molecule is COc1cccc(Cn2cc(NC(=O)c3ccn(COc4ccc(Cl)cc4)n3)cn2)c1. The van der Waals surface area contributed by atoms with Crippen molar-refractivity contribution in [2.75, 3.05) is 12.4 Å². The van der Waals surface area contributed by atoms with Crippen molar-refractivity contribution in [1.29, 1.82) is 0 Å². The third kappa shape index (κ3) is 5.43. The van der Waals surface area contributed by atoms with Crippen LogP contribution in [0.3, 0.4) is 0 Å². The minimum atomic E-state index is -0.328. The minimum Gasteiger partial charge on any atom is -0.497 e. The van der Waals surface area contributed by atoms with E-state index in [1.165, 1.54) is 4.68 Å². The zero-order valence-electron chi connectivity index (χ0n) is 16.7. The van der Waals surface area contributed by atoms with E-state index < -0.39 is 0 Å². The predicted molar refractivity (Wildman–Crippen MR) is 117 cm³/mol. The van der Waals surface area contributed by atoms with Crippen LogP contribution in [0.5, 0.6) is 11.5 Å². The number of anilines is 1. The minimum absolute atomic E-state index is 0.174. The van der Waals surface area contributed by atoms with Gasteiger partial charge in [0.1, 0.15) is 11.5 Å². The molecule has 0 saturated carbocycles. The molecule has 2 aromatic carbocycles. The largest absolute Gasteiger partial charge is 0.497 e. The molecule has 0 aliphatic rings. The first-order valence-electron chi connectivity index (χ1n) is 9.47. The van der Waals surface area contributed by atoms with Gasteiger partial charge >= 0.3 is 0 Å². The Morgan fingerprint density at radius 1 is 1.10 bits per heavy atom. The van der Waals surface area contributed by atoms with Crippen LogP contribution >= 0.6 is 11.6 Å². The molecule has 1 N–H and O–H groups in total. The first-order valence-corrected chi connectivity index (χ1v) is 9.85. The number of aromatic nitrogens is 4. The zero-order valence-corrected chi connectivity index (χ0v) is 17.5. The summed E-state index contributed by atoms with van der Waals surface area (Å²) in [4.78, 5) is 12.5. The Balaban J connectivity index is 1.33. The van der Waals surface area contributed by atoms with Gasteiger partial charge in [-0.25, -0.2) is 4.68 Å². The summed E-state index contributed by atoms with van der Waals surface area (Å²) >= 11 is 5.86. The fourth-order valence-electron chi connectivity index (χ4n) is 2.89. The first-order chi connectivity index (χ1) is 15.1. The van der Waals surface area contributed by atoms with E-state index in [2.05, 4.69) is 15.5 Å². The Morgan fingerprint density at radius 2 is 1.94 bits per heavy atom. The molecule has 2 aromatic heterocycles. The van der Waals surface area contributed by atoms with E-state index in [-0.39, 0.29) is 18.3 Å². The smallest absolute Gasteiger partial charge is 0.276 e. The summed E-state index contributed by atoms with van der Waals surface area (Å²) in [6.45, 7) is 0.733. The maximum Gasteiger partial charge on any atom is 0.276 e. The Hall–Kier alpha value is -3.78. The van der Waals surface area contributed by atoms with Crippen molar-refractivity contribution in [2.24, 2.45) is 0 Å². The lowest BCUT2D eigenvalue weighted by molar-refractivity contribution is 0.102. The molecule has 0 saturated heterocycles. The molecule has 9 heteroatoms. The fraction of sp³-hybridized carbons (Fsp3) is 0.136. The molecule has 0 fully saturated rings. The second-order valence-electron chi connectivity index (χ2n) is 6.70. The van der Waals surface area contributed by atoms with Gasteiger partial charge in [0, 0.05) is 17.4 Å². The first kappa shape index (κ1) is 20.5. The van der Waals surface area contributed by atoms with E-state index in [0.717, 1.165) is 11.3 Å². The molecule has 0 unspecified atom stereocenters. The van der Waals surface area contributed by atoms with Gasteiger partial charge in [-0.15, -0.1) is 0 Å². The molecule has 1 amide bonds. The fourth-order valence-corrected chi connectivity index (χ4v) is 3.02. The van der Waals surface area contributed by atoms with Gasteiger partial charge in [-0.1, -0.05) is 23.7 Å². The van der Waals surface area contributed by atoms with Gasteiger partial charge in [-0.2, -0.15) is 10.2 Å². The van der Waals surface area contributed by atoms with Crippen LogP contribution in [0.15, 0.2) is 73.2 Å². The standard InChI is InChI=1S/C22H20ClN5O3/c1-30-20-4-2-3-16(11-20)13-28-14-18(12-24-28)25-22(29)21-9-10-27(26-21)15-31-19-7-5-17(23)6-8-19/h2-12,14H,13,15H2,1H3,(H,25,29).